The molecule has 1 aliphatic rings. The van der Waals surface area contributed by atoms with Crippen molar-refractivity contribution < 1.29 is 5.11 Å². The Labute approximate surface area is 108 Å². The topological polar surface area (TPSA) is 23.5 Å². The van der Waals surface area contributed by atoms with Crippen LogP contribution in [0.4, 0.5) is 0 Å². The third kappa shape index (κ3) is 3.30. The monoisotopic (exact) mass is 253 g/mol. The molecule has 1 saturated heterocycles. The number of aliphatic hydroxyl groups is 1. The van der Waals surface area contributed by atoms with Crippen molar-refractivity contribution in [3.05, 3.63) is 21.9 Å². The second-order valence-electron chi connectivity index (χ2n) is 4.83. The molecule has 17 heavy (non-hydrogen) atoms. The maximum Gasteiger partial charge on any atom is 0.0463 e. The van der Waals surface area contributed by atoms with Crippen LogP contribution in [-0.2, 0) is 6.42 Å². The maximum absolute atomic E-state index is 9.25. The van der Waals surface area contributed by atoms with Crippen molar-refractivity contribution in [1.82, 2.24) is 4.90 Å². The number of nitrogens with zero attached hydrogens (tertiary/aromatic N) is 1. The average Bonchev–Trinajstić information content (AvgIpc) is 2.97. The van der Waals surface area contributed by atoms with Gasteiger partial charge in [-0.05, 0) is 50.9 Å². The lowest BCUT2D eigenvalue weighted by molar-refractivity contribution is 0.188. The fourth-order valence-electron chi connectivity index (χ4n) is 2.63. The number of rotatable bonds is 6. The normalized spacial score (nSPS) is 18.7. The molecule has 1 fully saturated rings. The van der Waals surface area contributed by atoms with Crippen LogP contribution < -0.4 is 0 Å². The summed E-state index contributed by atoms with van der Waals surface area (Å²) < 4.78 is 0. The minimum Gasteiger partial charge on any atom is -0.396 e. The summed E-state index contributed by atoms with van der Waals surface area (Å²) in [6.45, 7) is 4.92. The molecule has 96 valence electrons. The first kappa shape index (κ1) is 13.1. The van der Waals surface area contributed by atoms with Gasteiger partial charge in [0.15, 0.2) is 0 Å². The lowest BCUT2D eigenvalue weighted by Crippen LogP contribution is -2.25. The molecule has 3 heteroatoms. The Balaban J connectivity index is 2.07. The van der Waals surface area contributed by atoms with Gasteiger partial charge in [-0.25, -0.2) is 0 Å². The predicted molar refractivity (Wildman–Crippen MR) is 73.6 cm³/mol. The van der Waals surface area contributed by atoms with Gasteiger partial charge in [0.2, 0.25) is 0 Å². The van der Waals surface area contributed by atoms with E-state index in [2.05, 4.69) is 24.0 Å². The molecule has 1 aromatic heterocycles. The SMILES string of the molecule is CCCc1ccc(C(CCO)N2CCCC2)s1. The molecule has 0 spiro atoms. The number of hydrogen-bond acceptors (Lipinski definition) is 3. The summed E-state index contributed by atoms with van der Waals surface area (Å²) >= 11 is 1.94. The third-order valence-corrected chi connectivity index (χ3v) is 4.74. The van der Waals surface area contributed by atoms with E-state index in [1.54, 1.807) is 0 Å². The van der Waals surface area contributed by atoms with Gasteiger partial charge in [-0.2, -0.15) is 0 Å². The van der Waals surface area contributed by atoms with E-state index in [4.69, 9.17) is 0 Å². The number of thiophene rings is 1. The van der Waals surface area contributed by atoms with Crippen LogP contribution in [-0.4, -0.2) is 29.7 Å². The highest BCUT2D eigenvalue weighted by molar-refractivity contribution is 7.12. The van der Waals surface area contributed by atoms with Crippen LogP contribution in [0.2, 0.25) is 0 Å². The Morgan fingerprint density at radius 2 is 2.12 bits per heavy atom. The molecule has 1 aliphatic heterocycles. The zero-order valence-electron chi connectivity index (χ0n) is 10.7. The molecule has 0 aromatic carbocycles. The summed E-state index contributed by atoms with van der Waals surface area (Å²) in [5.74, 6) is 0. The van der Waals surface area contributed by atoms with Gasteiger partial charge < -0.3 is 5.11 Å². The second-order valence-corrected chi connectivity index (χ2v) is 6.03. The van der Waals surface area contributed by atoms with Crippen LogP contribution in [0.5, 0.6) is 0 Å². The number of aliphatic hydroxyl groups excluding tert-OH is 1. The van der Waals surface area contributed by atoms with E-state index in [0.717, 1.165) is 6.42 Å². The lowest BCUT2D eigenvalue weighted by atomic mass is 10.1. The van der Waals surface area contributed by atoms with Gasteiger partial charge in [-0.15, -0.1) is 11.3 Å². The lowest BCUT2D eigenvalue weighted by Gasteiger charge is -2.25. The van der Waals surface area contributed by atoms with E-state index in [9.17, 15) is 5.11 Å². The Morgan fingerprint density at radius 3 is 2.76 bits per heavy atom. The van der Waals surface area contributed by atoms with Crippen molar-refractivity contribution >= 4 is 11.3 Å². The summed E-state index contributed by atoms with van der Waals surface area (Å²) in [5, 5.41) is 9.25. The zero-order chi connectivity index (χ0) is 12.1. The summed E-state index contributed by atoms with van der Waals surface area (Å²) in [6, 6.07) is 5.00. The molecule has 1 N–H and O–H groups in total. The molecule has 0 aliphatic carbocycles. The molecule has 2 heterocycles. The highest BCUT2D eigenvalue weighted by Crippen LogP contribution is 2.33. The van der Waals surface area contributed by atoms with E-state index in [1.165, 1.54) is 48.5 Å². The molecule has 1 aromatic rings. The van der Waals surface area contributed by atoms with E-state index in [-0.39, 0.29) is 0 Å². The fraction of sp³-hybridized carbons (Fsp3) is 0.714. The molecule has 1 unspecified atom stereocenters. The number of hydrogen-bond donors (Lipinski definition) is 1. The standard InChI is InChI=1S/C14H23NOS/c1-2-5-12-6-7-14(17-12)13(8-11-16)15-9-3-4-10-15/h6-7,13,16H,2-5,8-11H2,1H3. The van der Waals surface area contributed by atoms with Gasteiger partial charge in [0.05, 0.1) is 0 Å². The van der Waals surface area contributed by atoms with Crippen molar-refractivity contribution in [2.75, 3.05) is 19.7 Å². The minimum atomic E-state index is 0.294. The highest BCUT2D eigenvalue weighted by atomic mass is 32.1. The van der Waals surface area contributed by atoms with Crippen LogP contribution >= 0.6 is 11.3 Å². The van der Waals surface area contributed by atoms with Crippen LogP contribution in [0.25, 0.3) is 0 Å². The summed E-state index contributed by atoms with van der Waals surface area (Å²) in [4.78, 5) is 5.48. The average molecular weight is 253 g/mol. The number of likely N-dealkylation sites (tertiary alicyclic amines) is 1. The van der Waals surface area contributed by atoms with Gasteiger partial charge in [0.1, 0.15) is 0 Å². The molecule has 2 rings (SSSR count). The van der Waals surface area contributed by atoms with Crippen molar-refractivity contribution in [2.24, 2.45) is 0 Å². The summed E-state index contributed by atoms with van der Waals surface area (Å²) in [7, 11) is 0. The molecular weight excluding hydrogens is 230 g/mol. The van der Waals surface area contributed by atoms with Crippen LogP contribution in [0, 0.1) is 0 Å². The van der Waals surface area contributed by atoms with Crippen molar-refractivity contribution in [3.8, 4) is 0 Å². The van der Waals surface area contributed by atoms with E-state index >= 15 is 0 Å². The smallest absolute Gasteiger partial charge is 0.0463 e. The van der Waals surface area contributed by atoms with Crippen LogP contribution in [0.3, 0.4) is 0 Å². The van der Waals surface area contributed by atoms with Gasteiger partial charge in [-0.1, -0.05) is 13.3 Å². The first-order valence-corrected chi connectivity index (χ1v) is 7.60. The van der Waals surface area contributed by atoms with Gasteiger partial charge in [0.25, 0.3) is 0 Å². The first-order valence-electron chi connectivity index (χ1n) is 6.78. The molecule has 1 atom stereocenters. The first-order chi connectivity index (χ1) is 8.35. The molecule has 0 saturated carbocycles. The molecule has 0 radical (unpaired) electrons. The minimum absolute atomic E-state index is 0.294. The largest absolute Gasteiger partial charge is 0.396 e. The van der Waals surface area contributed by atoms with Gasteiger partial charge in [0, 0.05) is 22.4 Å². The molecule has 0 bridgehead atoms. The van der Waals surface area contributed by atoms with Gasteiger partial charge >= 0.3 is 0 Å². The number of aryl methyl sites for hydroxylation is 1. The summed E-state index contributed by atoms with van der Waals surface area (Å²) in [5.41, 5.74) is 0. The molecule has 2 nitrogen and oxygen atoms in total. The summed E-state index contributed by atoms with van der Waals surface area (Å²) in [6.07, 6.45) is 5.92. The van der Waals surface area contributed by atoms with Crippen LogP contribution in [0.1, 0.15) is 48.4 Å². The quantitative estimate of drug-likeness (QED) is 0.841. The van der Waals surface area contributed by atoms with E-state index in [1.807, 2.05) is 11.3 Å². The Bertz CT molecular complexity index is 331. The van der Waals surface area contributed by atoms with Gasteiger partial charge in [-0.3, -0.25) is 4.90 Å². The fourth-order valence-corrected chi connectivity index (χ4v) is 3.92. The Hall–Kier alpha value is -0.380. The predicted octanol–water partition coefficient (Wildman–Crippen LogP) is 3.22. The third-order valence-electron chi connectivity index (χ3n) is 3.49. The Morgan fingerprint density at radius 1 is 1.35 bits per heavy atom. The van der Waals surface area contributed by atoms with Crippen molar-refractivity contribution in [3.63, 3.8) is 0 Å². The highest BCUT2D eigenvalue weighted by Gasteiger charge is 2.24. The Kier molecular flexibility index (Phi) is 5.01. The van der Waals surface area contributed by atoms with Crippen molar-refractivity contribution in [2.45, 2.75) is 45.1 Å². The zero-order valence-corrected chi connectivity index (χ0v) is 11.5. The van der Waals surface area contributed by atoms with E-state index in [0.29, 0.717) is 12.6 Å². The molecular formula is C14H23NOS. The van der Waals surface area contributed by atoms with Crippen molar-refractivity contribution in [1.29, 1.82) is 0 Å². The maximum atomic E-state index is 9.25. The molecule has 0 amide bonds. The van der Waals surface area contributed by atoms with Crippen LogP contribution in [0.15, 0.2) is 12.1 Å². The van der Waals surface area contributed by atoms with E-state index < -0.39 is 0 Å². The second kappa shape index (κ2) is 6.53.